The number of halogens is 2. The molecule has 9 nitrogen and oxygen atoms in total. The molecule has 0 spiro atoms. The molecule has 11 heteroatoms. The Morgan fingerprint density at radius 2 is 1.79 bits per heavy atom. The van der Waals surface area contributed by atoms with E-state index in [9.17, 15) is 14.0 Å². The van der Waals surface area contributed by atoms with Gasteiger partial charge < -0.3 is 19.7 Å². The zero-order valence-electron chi connectivity index (χ0n) is 23.3. The first-order chi connectivity index (χ1) is 20.4. The Labute approximate surface area is 249 Å². The molecule has 42 heavy (non-hydrogen) atoms. The monoisotopic (exact) mass is 593 g/mol. The summed E-state index contributed by atoms with van der Waals surface area (Å²) in [5.41, 5.74) is 2.59. The zero-order valence-corrected chi connectivity index (χ0v) is 24.1. The number of methoxy groups -OCH3 is 1. The van der Waals surface area contributed by atoms with E-state index < -0.39 is 12.1 Å². The Morgan fingerprint density at radius 1 is 1.07 bits per heavy atom. The first-order valence-corrected chi connectivity index (χ1v) is 14.2. The van der Waals surface area contributed by atoms with Crippen LogP contribution in [0.4, 0.5) is 14.9 Å². The quantitative estimate of drug-likeness (QED) is 0.376. The number of anilines is 1. The Bertz CT molecular complexity index is 1430. The third-order valence-electron chi connectivity index (χ3n) is 7.36. The van der Waals surface area contributed by atoms with Crippen molar-refractivity contribution in [2.24, 2.45) is 5.10 Å². The summed E-state index contributed by atoms with van der Waals surface area (Å²) in [6, 6.07) is 19.5. The lowest BCUT2D eigenvalue weighted by Crippen LogP contribution is -2.47. The van der Waals surface area contributed by atoms with Gasteiger partial charge in [0.1, 0.15) is 18.1 Å². The number of rotatable bonds is 9. The number of para-hydroxylation sites is 2. The maximum absolute atomic E-state index is 13.9. The van der Waals surface area contributed by atoms with Crippen LogP contribution in [0, 0.1) is 5.82 Å². The Kier molecular flexibility index (Phi) is 9.68. The van der Waals surface area contributed by atoms with Crippen molar-refractivity contribution in [1.29, 1.82) is 0 Å². The van der Waals surface area contributed by atoms with Crippen LogP contribution in [0.2, 0.25) is 5.02 Å². The molecular weight excluding hydrogens is 561 g/mol. The third-order valence-corrected chi connectivity index (χ3v) is 7.69. The van der Waals surface area contributed by atoms with Crippen molar-refractivity contribution in [2.75, 3.05) is 58.4 Å². The molecule has 5 rings (SSSR count). The highest BCUT2D eigenvalue weighted by atomic mass is 35.5. The number of ether oxygens (including phenoxy) is 2. The summed E-state index contributed by atoms with van der Waals surface area (Å²) in [6.07, 6.45) is 0.391. The van der Waals surface area contributed by atoms with Crippen molar-refractivity contribution in [2.45, 2.75) is 12.5 Å². The lowest BCUT2D eigenvalue weighted by atomic mass is 9.98. The smallest absolute Gasteiger partial charge is 0.322 e. The second-order valence-electron chi connectivity index (χ2n) is 10.0. The number of nitrogens with zero attached hydrogens (tertiary/aromatic N) is 4. The van der Waals surface area contributed by atoms with E-state index >= 15 is 0 Å². The van der Waals surface area contributed by atoms with Gasteiger partial charge in [-0.2, -0.15) is 5.10 Å². The average molecular weight is 594 g/mol. The molecule has 2 heterocycles. The van der Waals surface area contributed by atoms with Gasteiger partial charge in [-0.25, -0.2) is 14.2 Å². The van der Waals surface area contributed by atoms with Gasteiger partial charge in [-0.05, 0) is 35.9 Å². The number of hydrazone groups is 1. The van der Waals surface area contributed by atoms with E-state index in [1.54, 1.807) is 36.4 Å². The molecule has 1 saturated heterocycles. The van der Waals surface area contributed by atoms with Gasteiger partial charge in [-0.3, -0.25) is 9.69 Å². The second kappa shape index (κ2) is 13.8. The van der Waals surface area contributed by atoms with E-state index in [2.05, 4.69) is 15.3 Å². The number of urea groups is 1. The molecule has 1 atom stereocenters. The minimum atomic E-state index is -0.484. The Morgan fingerprint density at radius 3 is 2.52 bits per heavy atom. The number of hydrogen-bond donors (Lipinski definition) is 1. The van der Waals surface area contributed by atoms with Crippen molar-refractivity contribution in [3.63, 3.8) is 0 Å². The fraction of sp³-hybridized carbons (Fsp3) is 0.323. The molecule has 3 amide bonds. The molecule has 1 N–H and O–H groups in total. The SMILES string of the molecule is COc1ccccc1NC(=O)N(CCN1CCOCC1)CC(=O)N1N=C(c2ccccc2Cl)C[C@H]1c1ccc(F)cc1. The van der Waals surface area contributed by atoms with E-state index in [4.69, 9.17) is 21.1 Å². The number of amides is 3. The zero-order chi connectivity index (χ0) is 29.5. The highest BCUT2D eigenvalue weighted by molar-refractivity contribution is 6.34. The number of nitrogens with one attached hydrogen (secondary N) is 1. The molecule has 1 fully saturated rings. The van der Waals surface area contributed by atoms with Crippen LogP contribution in [0.25, 0.3) is 0 Å². The predicted molar refractivity (Wildman–Crippen MR) is 159 cm³/mol. The first kappa shape index (κ1) is 29.5. The summed E-state index contributed by atoms with van der Waals surface area (Å²) in [5, 5.41) is 9.49. The van der Waals surface area contributed by atoms with Gasteiger partial charge in [0.15, 0.2) is 0 Å². The van der Waals surface area contributed by atoms with Crippen LogP contribution in [0.5, 0.6) is 5.75 Å². The molecule has 2 aliphatic heterocycles. The van der Waals surface area contributed by atoms with Gasteiger partial charge >= 0.3 is 6.03 Å². The minimum Gasteiger partial charge on any atom is -0.495 e. The van der Waals surface area contributed by atoms with E-state index in [-0.39, 0.29) is 18.3 Å². The molecule has 3 aromatic rings. The minimum absolute atomic E-state index is 0.220. The Hall–Kier alpha value is -3.99. The van der Waals surface area contributed by atoms with Gasteiger partial charge in [0, 0.05) is 43.2 Å². The van der Waals surface area contributed by atoms with E-state index in [1.165, 1.54) is 29.2 Å². The van der Waals surface area contributed by atoms with Crippen molar-refractivity contribution in [1.82, 2.24) is 14.8 Å². The van der Waals surface area contributed by atoms with Crippen molar-refractivity contribution in [3.8, 4) is 5.75 Å². The first-order valence-electron chi connectivity index (χ1n) is 13.8. The number of benzene rings is 3. The summed E-state index contributed by atoms with van der Waals surface area (Å²) in [5.74, 6) is -0.233. The van der Waals surface area contributed by atoms with Crippen LogP contribution in [-0.2, 0) is 9.53 Å². The van der Waals surface area contributed by atoms with Crippen LogP contribution in [0.1, 0.15) is 23.6 Å². The summed E-state index contributed by atoms with van der Waals surface area (Å²) in [6.45, 7) is 3.41. The molecule has 0 radical (unpaired) electrons. The molecule has 0 aromatic heterocycles. The van der Waals surface area contributed by atoms with E-state index in [0.29, 0.717) is 54.9 Å². The van der Waals surface area contributed by atoms with Crippen molar-refractivity contribution < 1.29 is 23.5 Å². The van der Waals surface area contributed by atoms with Crippen LogP contribution in [0.15, 0.2) is 77.9 Å². The molecule has 220 valence electrons. The standard InChI is InChI=1S/C31H33ClFN5O4/c1-41-29-9-5-4-8-26(29)34-31(40)37(15-14-36-16-18-42-19-17-36)21-30(39)38-28(22-10-12-23(33)13-11-22)20-27(35-38)24-6-2-3-7-25(24)32/h2-13,28H,14-21H2,1H3,(H,34,40)/t28-/m0/s1. The normalized spacial score (nSPS) is 17.1. The fourth-order valence-electron chi connectivity index (χ4n) is 5.06. The van der Waals surface area contributed by atoms with Crippen LogP contribution in [0.3, 0.4) is 0 Å². The number of hydrogen-bond acceptors (Lipinski definition) is 6. The number of morpholine rings is 1. The maximum atomic E-state index is 13.9. The molecule has 0 bridgehead atoms. The topological polar surface area (TPSA) is 86.7 Å². The Balaban J connectivity index is 1.40. The molecule has 3 aromatic carbocycles. The summed E-state index contributed by atoms with van der Waals surface area (Å²) >= 11 is 6.47. The molecular formula is C31H33ClFN5O4. The summed E-state index contributed by atoms with van der Waals surface area (Å²) in [7, 11) is 1.53. The van der Waals surface area contributed by atoms with Gasteiger partial charge in [-0.15, -0.1) is 0 Å². The van der Waals surface area contributed by atoms with Gasteiger partial charge in [0.25, 0.3) is 5.91 Å². The molecule has 0 aliphatic carbocycles. The maximum Gasteiger partial charge on any atom is 0.322 e. The van der Waals surface area contributed by atoms with Crippen LogP contribution >= 0.6 is 11.6 Å². The lowest BCUT2D eigenvalue weighted by molar-refractivity contribution is -0.133. The predicted octanol–water partition coefficient (Wildman–Crippen LogP) is 5.03. The highest BCUT2D eigenvalue weighted by Gasteiger charge is 2.35. The van der Waals surface area contributed by atoms with E-state index in [0.717, 1.165) is 24.2 Å². The van der Waals surface area contributed by atoms with E-state index in [1.807, 2.05) is 24.3 Å². The van der Waals surface area contributed by atoms with Gasteiger partial charge in [0.05, 0.1) is 37.8 Å². The average Bonchev–Trinajstić information content (AvgIpc) is 3.46. The second-order valence-corrected chi connectivity index (χ2v) is 10.4. The molecule has 0 saturated carbocycles. The van der Waals surface area contributed by atoms with Gasteiger partial charge in [-0.1, -0.05) is 54.1 Å². The molecule has 2 aliphatic rings. The van der Waals surface area contributed by atoms with Crippen molar-refractivity contribution in [3.05, 3.63) is 94.8 Å². The largest absolute Gasteiger partial charge is 0.495 e. The highest BCUT2D eigenvalue weighted by Crippen LogP contribution is 2.34. The lowest BCUT2D eigenvalue weighted by Gasteiger charge is -2.31. The fourth-order valence-corrected chi connectivity index (χ4v) is 5.30. The van der Waals surface area contributed by atoms with Gasteiger partial charge in [0.2, 0.25) is 0 Å². The van der Waals surface area contributed by atoms with Crippen LogP contribution in [-0.4, -0.2) is 85.5 Å². The molecule has 0 unspecified atom stereocenters. The van der Waals surface area contributed by atoms with Crippen molar-refractivity contribution >= 4 is 34.9 Å². The third kappa shape index (κ3) is 7.07. The summed E-state index contributed by atoms with van der Waals surface area (Å²) < 4.78 is 24.6. The van der Waals surface area contributed by atoms with Crippen LogP contribution < -0.4 is 10.1 Å². The summed E-state index contributed by atoms with van der Waals surface area (Å²) in [4.78, 5) is 31.2. The number of carbonyl (C=O) groups excluding carboxylic acids is 2. The number of carbonyl (C=O) groups is 2.